The van der Waals surface area contributed by atoms with Crippen molar-refractivity contribution in [1.29, 1.82) is 0 Å². The van der Waals surface area contributed by atoms with Crippen LogP contribution in [0.4, 0.5) is 0 Å². The number of carbonyl (C=O) groups is 4. The summed E-state index contributed by atoms with van der Waals surface area (Å²) in [5, 5.41) is 12.4. The molecule has 0 fully saturated rings. The molecule has 0 bridgehead atoms. The Morgan fingerprint density at radius 1 is 0.406 bits per heavy atom. The van der Waals surface area contributed by atoms with Crippen molar-refractivity contribution in [2.75, 3.05) is 79.8 Å². The molecule has 2 atom stereocenters. The van der Waals surface area contributed by atoms with Crippen LogP contribution in [0.3, 0.4) is 0 Å². The number of ether oxygens (including phenoxy) is 2. The van der Waals surface area contributed by atoms with E-state index < -0.39 is 12.1 Å². The fourth-order valence-corrected chi connectivity index (χ4v) is 8.49. The van der Waals surface area contributed by atoms with Crippen LogP contribution in [0.15, 0.2) is 0 Å². The third kappa shape index (κ3) is 33.2. The zero-order chi connectivity index (χ0) is 47.5. The van der Waals surface area contributed by atoms with E-state index in [1.807, 2.05) is 51.6 Å². The molecule has 0 aliphatic rings. The lowest BCUT2D eigenvalue weighted by molar-refractivity contribution is -0.142. The second kappa shape index (κ2) is 44.6. The highest BCUT2D eigenvalue weighted by Gasteiger charge is 2.33. The Hall–Kier alpha value is -2.28. The SMILES string of the molecule is CCCCCCCCCCCCCC(=O)N(CCCNC)C(C(=O)NCCOCCOCCNC(=O)C(C(C)C)N(CCCNC)C(=O)CCCCCCCCCCCCC)C(C)C. The number of unbranched alkanes of at least 4 members (excludes halogenated alkanes) is 20. The van der Waals surface area contributed by atoms with E-state index in [1.54, 1.807) is 0 Å². The van der Waals surface area contributed by atoms with Gasteiger partial charge in [-0.3, -0.25) is 19.2 Å². The molecule has 4 amide bonds. The van der Waals surface area contributed by atoms with Gasteiger partial charge in [0.25, 0.3) is 0 Å². The molecular weight excluding hydrogens is 805 g/mol. The normalized spacial score (nSPS) is 12.5. The van der Waals surface area contributed by atoms with Crippen LogP contribution in [-0.2, 0) is 28.7 Å². The summed E-state index contributed by atoms with van der Waals surface area (Å²) in [5.41, 5.74) is 0. The Kier molecular flexibility index (Phi) is 43.0. The summed E-state index contributed by atoms with van der Waals surface area (Å²) < 4.78 is 11.5. The number of hydrogen-bond donors (Lipinski definition) is 4. The molecule has 64 heavy (non-hydrogen) atoms. The molecular formula is C52H104N6O6. The van der Waals surface area contributed by atoms with Gasteiger partial charge in [0.1, 0.15) is 12.1 Å². The molecule has 0 heterocycles. The number of hydrogen-bond acceptors (Lipinski definition) is 8. The summed E-state index contributed by atoms with van der Waals surface area (Å²) in [6.07, 6.45) is 29.7. The van der Waals surface area contributed by atoms with Crippen LogP contribution in [0.1, 0.15) is 208 Å². The zero-order valence-electron chi connectivity index (χ0n) is 43.1. The first-order chi connectivity index (χ1) is 31.1. The third-order valence-corrected chi connectivity index (χ3v) is 12.2. The highest BCUT2D eigenvalue weighted by Crippen LogP contribution is 2.19. The Morgan fingerprint density at radius 2 is 0.703 bits per heavy atom. The van der Waals surface area contributed by atoms with Gasteiger partial charge in [0.05, 0.1) is 26.4 Å². The lowest BCUT2D eigenvalue weighted by atomic mass is 9.99. The van der Waals surface area contributed by atoms with E-state index in [2.05, 4.69) is 35.1 Å². The minimum atomic E-state index is -0.529. The summed E-state index contributed by atoms with van der Waals surface area (Å²) in [6, 6.07) is -1.06. The molecule has 2 unspecified atom stereocenters. The molecule has 0 saturated carbocycles. The maximum atomic E-state index is 13.5. The fourth-order valence-electron chi connectivity index (χ4n) is 8.49. The summed E-state index contributed by atoms with van der Waals surface area (Å²) in [4.78, 5) is 57.6. The first kappa shape index (κ1) is 61.7. The first-order valence-electron chi connectivity index (χ1n) is 26.7. The van der Waals surface area contributed by atoms with Crippen molar-refractivity contribution in [3.05, 3.63) is 0 Å². The summed E-state index contributed by atoms with van der Waals surface area (Å²) in [6.45, 7) is 17.2. The maximum absolute atomic E-state index is 13.5. The van der Waals surface area contributed by atoms with Crippen molar-refractivity contribution in [3.63, 3.8) is 0 Å². The average molecular weight is 909 g/mol. The molecule has 0 aromatic carbocycles. The number of amides is 4. The van der Waals surface area contributed by atoms with E-state index in [0.717, 1.165) is 64.5 Å². The lowest BCUT2D eigenvalue weighted by Crippen LogP contribution is -2.53. The molecule has 0 aromatic rings. The van der Waals surface area contributed by atoms with Crippen LogP contribution in [0.2, 0.25) is 0 Å². The van der Waals surface area contributed by atoms with Crippen molar-refractivity contribution < 1.29 is 28.7 Å². The molecule has 12 nitrogen and oxygen atoms in total. The predicted molar refractivity (Wildman–Crippen MR) is 268 cm³/mol. The molecule has 0 aliphatic carbocycles. The largest absolute Gasteiger partial charge is 0.377 e. The zero-order valence-corrected chi connectivity index (χ0v) is 43.1. The van der Waals surface area contributed by atoms with Crippen LogP contribution in [0, 0.1) is 11.8 Å². The van der Waals surface area contributed by atoms with Crippen molar-refractivity contribution in [1.82, 2.24) is 31.1 Å². The third-order valence-electron chi connectivity index (χ3n) is 12.2. The van der Waals surface area contributed by atoms with Crippen LogP contribution in [0.5, 0.6) is 0 Å². The van der Waals surface area contributed by atoms with Gasteiger partial charge >= 0.3 is 0 Å². The Labute approximate surface area is 394 Å². The summed E-state index contributed by atoms with van der Waals surface area (Å²) >= 11 is 0. The Balaban J connectivity index is 4.68. The van der Waals surface area contributed by atoms with Gasteiger partial charge in [-0.25, -0.2) is 0 Å². The van der Waals surface area contributed by atoms with Crippen molar-refractivity contribution in [3.8, 4) is 0 Å². The van der Waals surface area contributed by atoms with E-state index in [1.165, 1.54) is 103 Å². The molecule has 0 aliphatic heterocycles. The van der Waals surface area contributed by atoms with Crippen LogP contribution in [-0.4, -0.2) is 125 Å². The number of nitrogens with one attached hydrogen (secondary N) is 4. The molecule has 4 N–H and O–H groups in total. The molecule has 12 heteroatoms. The highest BCUT2D eigenvalue weighted by atomic mass is 16.5. The summed E-state index contributed by atoms with van der Waals surface area (Å²) in [7, 11) is 3.81. The Bertz CT molecular complexity index is 1030. The van der Waals surface area contributed by atoms with Gasteiger partial charge in [0, 0.05) is 39.0 Å². The van der Waals surface area contributed by atoms with Crippen molar-refractivity contribution >= 4 is 23.6 Å². The van der Waals surface area contributed by atoms with E-state index in [-0.39, 0.29) is 35.5 Å². The van der Waals surface area contributed by atoms with Gasteiger partial charge in [0.2, 0.25) is 23.6 Å². The van der Waals surface area contributed by atoms with E-state index >= 15 is 0 Å². The molecule has 0 saturated heterocycles. The standard InChI is InChI=1S/C52H104N6O6/c1-9-11-13-15-17-19-21-23-25-27-29-33-47(59)57(39-31-35-53-7)49(45(3)4)51(61)55-37-41-63-43-44-64-42-38-56-52(62)50(46(5)6)58(40-32-36-54-8)48(60)34-30-28-26-24-22-20-18-16-14-12-10-2/h45-46,49-50,53-54H,9-44H2,1-8H3,(H,55,61)(H,56,62). The van der Waals surface area contributed by atoms with Gasteiger partial charge in [-0.15, -0.1) is 0 Å². The van der Waals surface area contributed by atoms with Crippen molar-refractivity contribution in [2.45, 2.75) is 221 Å². The summed E-state index contributed by atoms with van der Waals surface area (Å²) in [5.74, 6) is -0.201. The second-order valence-electron chi connectivity index (χ2n) is 18.8. The molecule has 378 valence electrons. The van der Waals surface area contributed by atoms with E-state index in [9.17, 15) is 19.2 Å². The Morgan fingerprint density at radius 3 is 0.984 bits per heavy atom. The van der Waals surface area contributed by atoms with Crippen LogP contribution in [0.25, 0.3) is 0 Å². The van der Waals surface area contributed by atoms with Gasteiger partial charge in [-0.2, -0.15) is 0 Å². The first-order valence-corrected chi connectivity index (χ1v) is 26.7. The van der Waals surface area contributed by atoms with E-state index in [0.29, 0.717) is 65.4 Å². The number of nitrogens with zero attached hydrogens (tertiary/aromatic N) is 2. The van der Waals surface area contributed by atoms with Crippen LogP contribution >= 0.6 is 0 Å². The smallest absolute Gasteiger partial charge is 0.243 e. The topological polar surface area (TPSA) is 141 Å². The van der Waals surface area contributed by atoms with E-state index in [4.69, 9.17) is 9.47 Å². The minimum absolute atomic E-state index is 0.0254. The molecule has 0 aromatic heterocycles. The number of carbonyl (C=O) groups excluding carboxylic acids is 4. The maximum Gasteiger partial charge on any atom is 0.243 e. The van der Waals surface area contributed by atoms with Gasteiger partial charge in [-0.1, -0.05) is 170 Å². The molecule has 0 rings (SSSR count). The van der Waals surface area contributed by atoms with Crippen LogP contribution < -0.4 is 21.3 Å². The monoisotopic (exact) mass is 909 g/mol. The lowest BCUT2D eigenvalue weighted by Gasteiger charge is -2.34. The quantitative estimate of drug-likeness (QED) is 0.0443. The second-order valence-corrected chi connectivity index (χ2v) is 18.8. The minimum Gasteiger partial charge on any atom is -0.377 e. The van der Waals surface area contributed by atoms with Gasteiger partial charge in [0.15, 0.2) is 0 Å². The van der Waals surface area contributed by atoms with Crippen molar-refractivity contribution in [2.24, 2.45) is 11.8 Å². The molecule has 0 radical (unpaired) electrons. The van der Waals surface area contributed by atoms with Gasteiger partial charge in [-0.05, 0) is 64.7 Å². The highest BCUT2D eigenvalue weighted by molar-refractivity contribution is 5.88. The number of rotatable bonds is 47. The molecule has 0 spiro atoms. The average Bonchev–Trinajstić information content (AvgIpc) is 3.26. The predicted octanol–water partition coefficient (Wildman–Crippen LogP) is 9.58. The fraction of sp³-hybridized carbons (Fsp3) is 0.923. The van der Waals surface area contributed by atoms with Gasteiger partial charge < -0.3 is 40.5 Å².